The number of benzene rings is 1. The first-order valence-corrected chi connectivity index (χ1v) is 9.09. The number of sulfonamides is 1. The summed E-state index contributed by atoms with van der Waals surface area (Å²) in [7, 11) is -3.61. The van der Waals surface area contributed by atoms with Crippen LogP contribution in [0.25, 0.3) is 0 Å². The molecule has 0 bridgehead atoms. The van der Waals surface area contributed by atoms with E-state index in [0.29, 0.717) is 11.3 Å². The Morgan fingerprint density at radius 2 is 1.95 bits per heavy atom. The summed E-state index contributed by atoms with van der Waals surface area (Å²) in [5.74, 6) is 0.153. The zero-order valence-corrected chi connectivity index (χ0v) is 14.0. The molecule has 2 aromatic rings. The summed E-state index contributed by atoms with van der Waals surface area (Å²) < 4.78 is 28.1. The second kappa shape index (κ2) is 6.17. The second-order valence-corrected chi connectivity index (χ2v) is 8.05. The zero-order valence-electron chi connectivity index (χ0n) is 12.3. The van der Waals surface area contributed by atoms with Crippen molar-refractivity contribution in [3.63, 3.8) is 0 Å². The predicted molar refractivity (Wildman–Crippen MR) is 87.8 cm³/mol. The van der Waals surface area contributed by atoms with Gasteiger partial charge in [0.2, 0.25) is 10.0 Å². The fourth-order valence-corrected chi connectivity index (χ4v) is 4.80. The maximum atomic E-state index is 12.7. The van der Waals surface area contributed by atoms with Gasteiger partial charge in [-0.1, -0.05) is 26.0 Å². The third kappa shape index (κ3) is 3.64. The number of thiophene rings is 1. The summed E-state index contributed by atoms with van der Waals surface area (Å²) in [5.41, 5.74) is 6.85. The maximum absolute atomic E-state index is 12.7. The minimum absolute atomic E-state index is 0.153. The monoisotopic (exact) mass is 324 g/mol. The molecule has 0 radical (unpaired) electrons. The summed E-state index contributed by atoms with van der Waals surface area (Å²) >= 11 is 1.55. The van der Waals surface area contributed by atoms with Crippen molar-refractivity contribution in [2.45, 2.75) is 31.7 Å². The van der Waals surface area contributed by atoms with Gasteiger partial charge in [-0.15, -0.1) is 11.3 Å². The van der Waals surface area contributed by atoms with Gasteiger partial charge in [-0.2, -0.15) is 0 Å². The zero-order chi connectivity index (χ0) is 15.6. The van der Waals surface area contributed by atoms with Crippen LogP contribution >= 0.6 is 11.3 Å². The molecule has 1 aromatic carbocycles. The number of hydrogen-bond acceptors (Lipinski definition) is 4. The lowest BCUT2D eigenvalue weighted by Crippen LogP contribution is -2.31. The quantitative estimate of drug-likeness (QED) is 0.829. The predicted octanol–water partition coefficient (Wildman–Crippen LogP) is 3.31. The van der Waals surface area contributed by atoms with Crippen molar-refractivity contribution in [3.8, 4) is 0 Å². The van der Waals surface area contributed by atoms with Crippen LogP contribution in [0.5, 0.6) is 0 Å². The highest BCUT2D eigenvalue weighted by molar-refractivity contribution is 7.89. The summed E-state index contributed by atoms with van der Waals surface area (Å²) in [6, 6.07) is 8.56. The lowest BCUT2D eigenvalue weighted by molar-refractivity contribution is 0.468. The van der Waals surface area contributed by atoms with E-state index in [0.717, 1.165) is 4.88 Å². The molecule has 0 amide bonds. The van der Waals surface area contributed by atoms with E-state index in [1.807, 2.05) is 31.4 Å². The van der Waals surface area contributed by atoms with Crippen molar-refractivity contribution in [2.75, 3.05) is 5.73 Å². The molecule has 0 aliphatic heterocycles. The van der Waals surface area contributed by atoms with Crippen molar-refractivity contribution in [2.24, 2.45) is 5.92 Å². The van der Waals surface area contributed by atoms with Gasteiger partial charge in [0.05, 0.1) is 10.9 Å². The van der Waals surface area contributed by atoms with Crippen LogP contribution in [-0.4, -0.2) is 8.42 Å². The van der Waals surface area contributed by atoms with Crippen molar-refractivity contribution in [3.05, 3.63) is 46.2 Å². The van der Waals surface area contributed by atoms with E-state index in [4.69, 9.17) is 5.73 Å². The molecule has 1 heterocycles. The van der Waals surface area contributed by atoms with Gasteiger partial charge in [0.1, 0.15) is 0 Å². The lowest BCUT2D eigenvalue weighted by atomic mass is 10.0. The molecule has 0 fully saturated rings. The van der Waals surface area contributed by atoms with Crippen LogP contribution in [0.4, 0.5) is 5.69 Å². The standard InChI is InChI=1S/C15H20N2O2S2/c1-10(2)15(13-5-4-8-20-13)17-21(18,19)14-9-12(16)7-6-11(14)3/h4-10,15,17H,16H2,1-3H3. The topological polar surface area (TPSA) is 72.2 Å². The molecule has 4 nitrogen and oxygen atoms in total. The summed E-state index contributed by atoms with van der Waals surface area (Å²) in [6.45, 7) is 5.77. The molecule has 21 heavy (non-hydrogen) atoms. The summed E-state index contributed by atoms with van der Waals surface area (Å²) in [5, 5.41) is 1.95. The van der Waals surface area contributed by atoms with Crippen molar-refractivity contribution >= 4 is 27.0 Å². The van der Waals surface area contributed by atoms with Gasteiger partial charge in [0.15, 0.2) is 0 Å². The largest absolute Gasteiger partial charge is 0.399 e. The van der Waals surface area contributed by atoms with E-state index in [-0.39, 0.29) is 16.9 Å². The third-order valence-electron chi connectivity index (χ3n) is 3.30. The molecule has 114 valence electrons. The fraction of sp³-hybridized carbons (Fsp3) is 0.333. The van der Waals surface area contributed by atoms with Crippen LogP contribution in [0, 0.1) is 12.8 Å². The molecule has 1 aromatic heterocycles. The van der Waals surface area contributed by atoms with Gasteiger partial charge in [-0.25, -0.2) is 13.1 Å². The Kier molecular flexibility index (Phi) is 4.70. The van der Waals surface area contributed by atoms with Crippen molar-refractivity contribution in [1.29, 1.82) is 0 Å². The number of hydrogen-bond donors (Lipinski definition) is 2. The first kappa shape index (κ1) is 16.0. The Labute approximate surface area is 130 Å². The van der Waals surface area contributed by atoms with Gasteiger partial charge >= 0.3 is 0 Å². The minimum atomic E-state index is -3.61. The number of anilines is 1. The van der Waals surface area contributed by atoms with Crippen LogP contribution < -0.4 is 10.5 Å². The van der Waals surface area contributed by atoms with Gasteiger partial charge in [-0.05, 0) is 42.0 Å². The van der Waals surface area contributed by atoms with E-state index in [1.54, 1.807) is 30.4 Å². The second-order valence-electron chi connectivity index (χ2n) is 5.38. The number of rotatable bonds is 5. The molecule has 1 unspecified atom stereocenters. The molecule has 3 N–H and O–H groups in total. The van der Waals surface area contributed by atoms with Gasteiger partial charge in [0, 0.05) is 10.6 Å². The maximum Gasteiger partial charge on any atom is 0.241 e. The number of nitrogen functional groups attached to an aromatic ring is 1. The smallest absolute Gasteiger partial charge is 0.241 e. The highest BCUT2D eigenvalue weighted by Crippen LogP contribution is 2.28. The minimum Gasteiger partial charge on any atom is -0.399 e. The van der Waals surface area contributed by atoms with Crippen molar-refractivity contribution < 1.29 is 8.42 Å². The average Bonchev–Trinajstić information content (AvgIpc) is 2.92. The van der Waals surface area contributed by atoms with Crippen LogP contribution in [-0.2, 0) is 10.0 Å². The first-order chi connectivity index (χ1) is 9.81. The fourth-order valence-electron chi connectivity index (χ4n) is 2.13. The number of nitrogens with two attached hydrogens (primary N) is 1. The Balaban J connectivity index is 2.37. The Morgan fingerprint density at radius 1 is 1.24 bits per heavy atom. The lowest BCUT2D eigenvalue weighted by Gasteiger charge is -2.22. The first-order valence-electron chi connectivity index (χ1n) is 6.73. The SMILES string of the molecule is Cc1ccc(N)cc1S(=O)(=O)NC(c1cccs1)C(C)C. The molecule has 0 saturated carbocycles. The summed E-state index contributed by atoms with van der Waals surface area (Å²) in [6.07, 6.45) is 0. The molecule has 0 aliphatic carbocycles. The Hall–Kier alpha value is -1.37. The van der Waals surface area contributed by atoms with E-state index in [2.05, 4.69) is 4.72 Å². The van der Waals surface area contributed by atoms with Crippen LogP contribution in [0.15, 0.2) is 40.6 Å². The third-order valence-corrected chi connectivity index (χ3v) is 5.84. The van der Waals surface area contributed by atoms with Crippen LogP contribution in [0.3, 0.4) is 0 Å². The van der Waals surface area contributed by atoms with Gasteiger partial charge < -0.3 is 5.73 Å². The Morgan fingerprint density at radius 3 is 2.52 bits per heavy atom. The molecule has 6 heteroatoms. The van der Waals surface area contributed by atoms with Crippen molar-refractivity contribution in [1.82, 2.24) is 4.72 Å². The van der Waals surface area contributed by atoms with Gasteiger partial charge in [-0.3, -0.25) is 0 Å². The number of aryl methyl sites for hydroxylation is 1. The molecule has 0 aliphatic rings. The normalized spacial score (nSPS) is 13.5. The van der Waals surface area contributed by atoms with Crippen LogP contribution in [0.1, 0.15) is 30.3 Å². The highest BCUT2D eigenvalue weighted by Gasteiger charge is 2.25. The highest BCUT2D eigenvalue weighted by atomic mass is 32.2. The van der Waals surface area contributed by atoms with E-state index in [1.165, 1.54) is 6.07 Å². The number of nitrogens with one attached hydrogen (secondary N) is 1. The molecular formula is C15H20N2O2S2. The molecule has 0 saturated heterocycles. The van der Waals surface area contributed by atoms with Gasteiger partial charge in [0.25, 0.3) is 0 Å². The Bertz CT molecular complexity index is 707. The van der Waals surface area contributed by atoms with E-state index in [9.17, 15) is 8.42 Å². The van der Waals surface area contributed by atoms with Crippen LogP contribution in [0.2, 0.25) is 0 Å². The molecule has 2 rings (SSSR count). The van der Waals surface area contributed by atoms with E-state index < -0.39 is 10.0 Å². The average molecular weight is 324 g/mol. The summed E-state index contributed by atoms with van der Waals surface area (Å²) in [4.78, 5) is 1.25. The molecule has 1 atom stereocenters. The molecule has 0 spiro atoms. The molecular weight excluding hydrogens is 304 g/mol. The van der Waals surface area contributed by atoms with E-state index >= 15 is 0 Å².